The van der Waals surface area contributed by atoms with Crippen LogP contribution in [-0.4, -0.2) is 23.7 Å². The normalized spacial score (nSPS) is 24.4. The fraction of sp³-hybridized carbons (Fsp3) is 0.611. The second kappa shape index (κ2) is 5.70. The number of aliphatic carboxylic acids is 1. The molecular formula is C18H25NO2. The Balaban J connectivity index is 1.88. The molecule has 1 saturated carbocycles. The second-order valence-electron chi connectivity index (χ2n) is 6.81. The number of fused-ring (bicyclic) bond motifs is 1. The molecule has 1 aliphatic carbocycles. The van der Waals surface area contributed by atoms with Crippen LogP contribution in [-0.2, 0) is 11.2 Å². The molecule has 3 nitrogen and oxygen atoms in total. The van der Waals surface area contributed by atoms with Crippen molar-refractivity contribution in [2.24, 2.45) is 5.41 Å². The van der Waals surface area contributed by atoms with Gasteiger partial charge < -0.3 is 10.0 Å². The second-order valence-corrected chi connectivity index (χ2v) is 6.81. The van der Waals surface area contributed by atoms with Crippen LogP contribution in [0.15, 0.2) is 24.3 Å². The fourth-order valence-electron chi connectivity index (χ4n) is 4.04. The Hall–Kier alpha value is -1.51. The third-order valence-electron chi connectivity index (χ3n) is 5.34. The van der Waals surface area contributed by atoms with Gasteiger partial charge in [0.15, 0.2) is 0 Å². The van der Waals surface area contributed by atoms with Gasteiger partial charge in [0.25, 0.3) is 0 Å². The van der Waals surface area contributed by atoms with Crippen molar-refractivity contribution in [3.8, 4) is 0 Å². The third-order valence-corrected chi connectivity index (χ3v) is 5.34. The number of benzene rings is 1. The lowest BCUT2D eigenvalue weighted by Crippen LogP contribution is -2.45. The number of carbonyl (C=O) groups is 1. The van der Waals surface area contributed by atoms with Gasteiger partial charge in [0, 0.05) is 18.3 Å². The number of hydrogen-bond donors (Lipinski definition) is 1. The molecule has 3 rings (SSSR count). The molecule has 1 aliphatic heterocycles. The summed E-state index contributed by atoms with van der Waals surface area (Å²) in [5.41, 5.74) is 2.05. The van der Waals surface area contributed by atoms with E-state index >= 15 is 0 Å². The Labute approximate surface area is 127 Å². The zero-order valence-electron chi connectivity index (χ0n) is 12.8. The van der Waals surface area contributed by atoms with Crippen LogP contribution in [0.1, 0.15) is 51.0 Å². The molecule has 1 atom stereocenters. The highest BCUT2D eigenvalue weighted by atomic mass is 16.4. The summed E-state index contributed by atoms with van der Waals surface area (Å²) < 4.78 is 0. The molecule has 1 unspecified atom stereocenters. The van der Waals surface area contributed by atoms with Crippen molar-refractivity contribution in [1.29, 1.82) is 0 Å². The number of nitrogens with zero attached hydrogens (tertiary/aromatic N) is 1. The van der Waals surface area contributed by atoms with E-state index in [4.69, 9.17) is 0 Å². The molecule has 1 N–H and O–H groups in total. The highest BCUT2D eigenvalue weighted by Crippen LogP contribution is 2.40. The van der Waals surface area contributed by atoms with Crippen molar-refractivity contribution >= 4 is 11.7 Å². The summed E-state index contributed by atoms with van der Waals surface area (Å²) in [5.74, 6) is -0.596. The Kier molecular flexibility index (Phi) is 3.92. The lowest BCUT2D eigenvalue weighted by molar-refractivity contribution is -0.149. The van der Waals surface area contributed by atoms with Crippen LogP contribution in [0, 0.1) is 5.41 Å². The van der Waals surface area contributed by atoms with Crippen LogP contribution in [0.5, 0.6) is 0 Å². The summed E-state index contributed by atoms with van der Waals surface area (Å²) in [6, 6.07) is 8.86. The Morgan fingerprint density at radius 2 is 1.90 bits per heavy atom. The number of carboxylic acids is 1. The average molecular weight is 287 g/mol. The first-order chi connectivity index (χ1) is 10.1. The van der Waals surface area contributed by atoms with Crippen molar-refractivity contribution < 1.29 is 9.90 Å². The van der Waals surface area contributed by atoms with Crippen LogP contribution in [0.3, 0.4) is 0 Å². The number of anilines is 1. The molecular weight excluding hydrogens is 262 g/mol. The molecule has 1 heterocycles. The van der Waals surface area contributed by atoms with Gasteiger partial charge in [-0.15, -0.1) is 0 Å². The van der Waals surface area contributed by atoms with E-state index in [0.717, 1.165) is 32.1 Å². The fourth-order valence-corrected chi connectivity index (χ4v) is 4.04. The zero-order chi connectivity index (χ0) is 14.9. The first-order valence-corrected chi connectivity index (χ1v) is 8.20. The van der Waals surface area contributed by atoms with E-state index in [-0.39, 0.29) is 0 Å². The van der Waals surface area contributed by atoms with E-state index in [2.05, 4.69) is 36.1 Å². The van der Waals surface area contributed by atoms with Gasteiger partial charge in [-0.05, 0) is 37.8 Å². The molecule has 0 radical (unpaired) electrons. The summed E-state index contributed by atoms with van der Waals surface area (Å²) in [4.78, 5) is 14.4. The highest BCUT2D eigenvalue weighted by molar-refractivity contribution is 5.76. The van der Waals surface area contributed by atoms with E-state index in [1.54, 1.807) is 0 Å². The van der Waals surface area contributed by atoms with Crippen molar-refractivity contribution in [1.82, 2.24) is 0 Å². The SMILES string of the molecule is CC1Cc2ccccc2N1CC1(C(=O)O)CCCCCC1. The van der Waals surface area contributed by atoms with Crippen LogP contribution in [0.4, 0.5) is 5.69 Å². The number of rotatable bonds is 3. The first kappa shape index (κ1) is 14.4. The minimum absolute atomic E-state index is 0.405. The standard InChI is InChI=1S/C18H25NO2/c1-14-12-15-8-4-5-9-16(15)19(14)13-18(17(20)21)10-6-2-3-7-11-18/h4-5,8-9,14H,2-3,6-7,10-13H2,1H3,(H,20,21). The maximum Gasteiger partial charge on any atom is 0.311 e. The zero-order valence-corrected chi connectivity index (χ0v) is 12.8. The molecule has 0 saturated heterocycles. The van der Waals surface area contributed by atoms with Gasteiger partial charge in [0.05, 0.1) is 5.41 Å². The molecule has 0 spiro atoms. The Morgan fingerprint density at radius 3 is 2.57 bits per heavy atom. The van der Waals surface area contributed by atoms with Crippen LogP contribution in [0.25, 0.3) is 0 Å². The minimum atomic E-state index is -0.596. The van der Waals surface area contributed by atoms with Gasteiger partial charge >= 0.3 is 5.97 Å². The lowest BCUT2D eigenvalue weighted by atomic mass is 9.79. The van der Waals surface area contributed by atoms with Crippen molar-refractivity contribution in [2.75, 3.05) is 11.4 Å². The largest absolute Gasteiger partial charge is 0.481 e. The van der Waals surface area contributed by atoms with Crippen LogP contribution >= 0.6 is 0 Å². The molecule has 2 aliphatic rings. The maximum absolute atomic E-state index is 12.0. The summed E-state index contributed by atoms with van der Waals surface area (Å²) in [6.07, 6.45) is 7.15. The van der Waals surface area contributed by atoms with Crippen molar-refractivity contribution in [3.05, 3.63) is 29.8 Å². The molecule has 0 bridgehead atoms. The Morgan fingerprint density at radius 1 is 1.24 bits per heavy atom. The van der Waals surface area contributed by atoms with Crippen LogP contribution < -0.4 is 4.90 Å². The summed E-state index contributed by atoms with van der Waals surface area (Å²) >= 11 is 0. The maximum atomic E-state index is 12.0. The topological polar surface area (TPSA) is 40.5 Å². The van der Waals surface area contributed by atoms with E-state index in [9.17, 15) is 9.90 Å². The first-order valence-electron chi connectivity index (χ1n) is 8.20. The van der Waals surface area contributed by atoms with E-state index < -0.39 is 11.4 Å². The molecule has 0 aromatic heterocycles. The Bertz CT molecular complexity index is 518. The number of carboxylic acid groups (broad SMARTS) is 1. The number of para-hydroxylation sites is 1. The average Bonchev–Trinajstić information content (AvgIpc) is 2.65. The van der Waals surface area contributed by atoms with Gasteiger partial charge in [-0.1, -0.05) is 43.9 Å². The molecule has 1 fully saturated rings. The van der Waals surface area contributed by atoms with Gasteiger partial charge in [-0.25, -0.2) is 0 Å². The van der Waals surface area contributed by atoms with E-state index in [1.165, 1.54) is 24.1 Å². The summed E-state index contributed by atoms with van der Waals surface area (Å²) in [7, 11) is 0. The van der Waals surface area contributed by atoms with Gasteiger partial charge in [0.2, 0.25) is 0 Å². The lowest BCUT2D eigenvalue weighted by Gasteiger charge is -2.36. The summed E-state index contributed by atoms with van der Waals surface area (Å²) in [6.45, 7) is 2.88. The van der Waals surface area contributed by atoms with E-state index in [0.29, 0.717) is 12.6 Å². The molecule has 1 aromatic carbocycles. The van der Waals surface area contributed by atoms with Crippen molar-refractivity contribution in [3.63, 3.8) is 0 Å². The highest BCUT2D eigenvalue weighted by Gasteiger charge is 2.42. The van der Waals surface area contributed by atoms with E-state index in [1.807, 2.05) is 0 Å². The minimum Gasteiger partial charge on any atom is -0.481 e. The molecule has 1 aromatic rings. The van der Waals surface area contributed by atoms with Crippen molar-refractivity contribution in [2.45, 2.75) is 57.9 Å². The molecule has 114 valence electrons. The molecule has 0 amide bonds. The third kappa shape index (κ3) is 2.66. The smallest absolute Gasteiger partial charge is 0.311 e. The summed E-state index contributed by atoms with van der Waals surface area (Å²) in [5, 5.41) is 9.88. The molecule has 21 heavy (non-hydrogen) atoms. The number of hydrogen-bond acceptors (Lipinski definition) is 2. The predicted octanol–water partition coefficient (Wildman–Crippen LogP) is 3.86. The van der Waals surface area contributed by atoms with Gasteiger partial charge in [-0.3, -0.25) is 4.79 Å². The quantitative estimate of drug-likeness (QED) is 0.858. The monoisotopic (exact) mass is 287 g/mol. The van der Waals surface area contributed by atoms with Gasteiger partial charge in [0.1, 0.15) is 0 Å². The van der Waals surface area contributed by atoms with Gasteiger partial charge in [-0.2, -0.15) is 0 Å². The predicted molar refractivity (Wildman–Crippen MR) is 84.7 cm³/mol. The van der Waals surface area contributed by atoms with Crippen LogP contribution in [0.2, 0.25) is 0 Å². The molecule has 3 heteroatoms.